The van der Waals surface area contributed by atoms with Crippen LogP contribution in [0.3, 0.4) is 0 Å². The number of rotatable bonds is 4. The van der Waals surface area contributed by atoms with Gasteiger partial charge in [-0.3, -0.25) is 0 Å². The molecule has 94 valence electrons. The second-order valence-corrected chi connectivity index (χ2v) is 5.54. The summed E-state index contributed by atoms with van der Waals surface area (Å²) >= 11 is 0. The molecule has 0 heterocycles. The quantitative estimate of drug-likeness (QED) is 0.794. The lowest BCUT2D eigenvalue weighted by molar-refractivity contribution is 0.0740. The Morgan fingerprint density at radius 3 is 2.50 bits per heavy atom. The van der Waals surface area contributed by atoms with Crippen molar-refractivity contribution in [1.29, 1.82) is 0 Å². The molecule has 0 aromatic carbocycles. The van der Waals surface area contributed by atoms with Crippen molar-refractivity contribution in [3.8, 4) is 0 Å². The SMILES string of the molecule is CCC1CCCCC1NC1CCCC1OC. The van der Waals surface area contributed by atoms with Crippen LogP contribution in [0.1, 0.15) is 58.3 Å². The Labute approximate surface area is 100 Å². The number of hydrogen-bond acceptors (Lipinski definition) is 2. The zero-order chi connectivity index (χ0) is 11.4. The predicted octanol–water partition coefficient (Wildman–Crippen LogP) is 3.11. The molecule has 16 heavy (non-hydrogen) atoms. The van der Waals surface area contributed by atoms with Crippen molar-refractivity contribution in [2.75, 3.05) is 7.11 Å². The third-order valence-electron chi connectivity index (χ3n) is 4.62. The van der Waals surface area contributed by atoms with Crippen molar-refractivity contribution in [3.05, 3.63) is 0 Å². The van der Waals surface area contributed by atoms with E-state index < -0.39 is 0 Å². The van der Waals surface area contributed by atoms with Crippen LogP contribution in [-0.4, -0.2) is 25.3 Å². The van der Waals surface area contributed by atoms with Crippen LogP contribution < -0.4 is 5.32 Å². The van der Waals surface area contributed by atoms with E-state index in [-0.39, 0.29) is 0 Å². The molecule has 2 saturated carbocycles. The van der Waals surface area contributed by atoms with E-state index in [0.29, 0.717) is 12.1 Å². The van der Waals surface area contributed by atoms with Crippen LogP contribution in [0.5, 0.6) is 0 Å². The minimum absolute atomic E-state index is 0.472. The monoisotopic (exact) mass is 225 g/mol. The number of methoxy groups -OCH3 is 1. The molecule has 0 aromatic rings. The first-order valence-electron chi connectivity index (χ1n) is 7.14. The lowest BCUT2D eigenvalue weighted by Gasteiger charge is -2.35. The van der Waals surface area contributed by atoms with Gasteiger partial charge in [0, 0.05) is 19.2 Å². The van der Waals surface area contributed by atoms with E-state index in [2.05, 4.69) is 12.2 Å². The average molecular weight is 225 g/mol. The van der Waals surface area contributed by atoms with Gasteiger partial charge in [-0.1, -0.05) is 26.2 Å². The smallest absolute Gasteiger partial charge is 0.0724 e. The van der Waals surface area contributed by atoms with Crippen LogP contribution in [0.2, 0.25) is 0 Å². The molecule has 0 bridgehead atoms. The molecule has 2 fully saturated rings. The van der Waals surface area contributed by atoms with Crippen LogP contribution in [0.25, 0.3) is 0 Å². The highest BCUT2D eigenvalue weighted by Gasteiger charge is 2.32. The first-order chi connectivity index (χ1) is 7.85. The largest absolute Gasteiger partial charge is 0.380 e. The van der Waals surface area contributed by atoms with E-state index >= 15 is 0 Å². The second kappa shape index (κ2) is 6.02. The van der Waals surface area contributed by atoms with Crippen molar-refractivity contribution >= 4 is 0 Å². The van der Waals surface area contributed by atoms with Gasteiger partial charge in [0.2, 0.25) is 0 Å². The predicted molar refractivity (Wildman–Crippen MR) is 67.6 cm³/mol. The Hall–Kier alpha value is -0.0800. The molecule has 1 N–H and O–H groups in total. The Morgan fingerprint density at radius 2 is 1.75 bits per heavy atom. The summed E-state index contributed by atoms with van der Waals surface area (Å²) in [6.45, 7) is 2.34. The molecule has 0 amide bonds. The normalized spacial score (nSPS) is 40.1. The second-order valence-electron chi connectivity index (χ2n) is 5.54. The van der Waals surface area contributed by atoms with Gasteiger partial charge in [0.15, 0.2) is 0 Å². The fraction of sp³-hybridized carbons (Fsp3) is 1.00. The number of hydrogen-bond donors (Lipinski definition) is 1. The molecule has 2 aliphatic rings. The van der Waals surface area contributed by atoms with E-state index in [1.807, 2.05) is 7.11 Å². The molecule has 0 radical (unpaired) electrons. The lowest BCUT2D eigenvalue weighted by atomic mass is 9.82. The maximum atomic E-state index is 5.57. The molecule has 4 unspecified atom stereocenters. The summed E-state index contributed by atoms with van der Waals surface area (Å²) in [5.74, 6) is 0.909. The van der Waals surface area contributed by atoms with Gasteiger partial charge in [-0.2, -0.15) is 0 Å². The van der Waals surface area contributed by atoms with Gasteiger partial charge >= 0.3 is 0 Å². The van der Waals surface area contributed by atoms with Crippen LogP contribution in [0.15, 0.2) is 0 Å². The van der Waals surface area contributed by atoms with Gasteiger partial charge in [0.05, 0.1) is 6.10 Å². The zero-order valence-corrected chi connectivity index (χ0v) is 10.9. The summed E-state index contributed by atoms with van der Waals surface area (Å²) in [5.41, 5.74) is 0. The summed E-state index contributed by atoms with van der Waals surface area (Å²) in [4.78, 5) is 0. The van der Waals surface area contributed by atoms with Crippen LogP contribution >= 0.6 is 0 Å². The standard InChI is InChI=1S/C14H27NO/c1-3-11-7-4-5-8-12(11)15-13-9-6-10-14(13)16-2/h11-15H,3-10H2,1-2H3. The Balaban J connectivity index is 1.86. The molecule has 2 aliphatic carbocycles. The molecular weight excluding hydrogens is 198 g/mol. The molecule has 2 nitrogen and oxygen atoms in total. The fourth-order valence-corrected chi connectivity index (χ4v) is 3.59. The van der Waals surface area contributed by atoms with Gasteiger partial charge < -0.3 is 10.1 Å². The average Bonchev–Trinajstić information content (AvgIpc) is 2.77. The van der Waals surface area contributed by atoms with E-state index in [1.54, 1.807) is 0 Å². The number of nitrogens with one attached hydrogen (secondary N) is 1. The maximum absolute atomic E-state index is 5.57. The molecule has 4 atom stereocenters. The molecule has 0 saturated heterocycles. The molecule has 2 heteroatoms. The topological polar surface area (TPSA) is 21.3 Å². The zero-order valence-electron chi connectivity index (χ0n) is 10.9. The minimum Gasteiger partial charge on any atom is -0.380 e. The first kappa shape index (κ1) is 12.4. The summed E-state index contributed by atoms with van der Waals surface area (Å²) in [7, 11) is 1.86. The van der Waals surface area contributed by atoms with Crippen molar-refractivity contribution in [1.82, 2.24) is 5.32 Å². The van der Waals surface area contributed by atoms with Crippen LogP contribution in [-0.2, 0) is 4.74 Å². The van der Waals surface area contributed by atoms with Gasteiger partial charge in [0.1, 0.15) is 0 Å². The summed E-state index contributed by atoms with van der Waals surface area (Å²) in [5, 5.41) is 3.89. The fourth-order valence-electron chi connectivity index (χ4n) is 3.59. The van der Waals surface area contributed by atoms with Crippen molar-refractivity contribution in [2.45, 2.75) is 76.5 Å². The van der Waals surface area contributed by atoms with E-state index in [4.69, 9.17) is 4.74 Å². The van der Waals surface area contributed by atoms with Gasteiger partial charge in [-0.25, -0.2) is 0 Å². The molecule has 0 spiro atoms. The van der Waals surface area contributed by atoms with Crippen molar-refractivity contribution in [3.63, 3.8) is 0 Å². The van der Waals surface area contributed by atoms with E-state index in [1.165, 1.54) is 51.4 Å². The van der Waals surface area contributed by atoms with Gasteiger partial charge in [-0.15, -0.1) is 0 Å². The Bertz CT molecular complexity index is 207. The number of ether oxygens (including phenoxy) is 1. The van der Waals surface area contributed by atoms with Gasteiger partial charge in [-0.05, 0) is 38.0 Å². The highest BCUT2D eigenvalue weighted by atomic mass is 16.5. The summed E-state index contributed by atoms with van der Waals surface area (Å²) in [6, 6.07) is 1.39. The highest BCUT2D eigenvalue weighted by molar-refractivity contribution is 4.89. The summed E-state index contributed by atoms with van der Waals surface area (Å²) in [6.07, 6.45) is 11.4. The van der Waals surface area contributed by atoms with Gasteiger partial charge in [0.25, 0.3) is 0 Å². The van der Waals surface area contributed by atoms with Crippen molar-refractivity contribution < 1.29 is 4.74 Å². The Kier molecular flexibility index (Phi) is 4.66. The van der Waals surface area contributed by atoms with E-state index in [9.17, 15) is 0 Å². The molecular formula is C14H27NO. The van der Waals surface area contributed by atoms with E-state index in [0.717, 1.165) is 12.0 Å². The minimum atomic E-state index is 0.472. The molecule has 0 aromatic heterocycles. The highest BCUT2D eigenvalue weighted by Crippen LogP contribution is 2.29. The third-order valence-corrected chi connectivity index (χ3v) is 4.62. The van der Waals surface area contributed by atoms with Crippen LogP contribution in [0.4, 0.5) is 0 Å². The lowest BCUT2D eigenvalue weighted by Crippen LogP contribution is -2.47. The van der Waals surface area contributed by atoms with Crippen molar-refractivity contribution in [2.24, 2.45) is 5.92 Å². The molecule has 2 rings (SSSR count). The van der Waals surface area contributed by atoms with Crippen LogP contribution in [0, 0.1) is 5.92 Å². The first-order valence-corrected chi connectivity index (χ1v) is 7.14. The summed E-state index contributed by atoms with van der Waals surface area (Å²) < 4.78 is 5.57. The molecule has 0 aliphatic heterocycles. The Morgan fingerprint density at radius 1 is 1.00 bits per heavy atom. The third kappa shape index (κ3) is 2.78. The maximum Gasteiger partial charge on any atom is 0.0724 e.